The molecule has 1 aromatic carbocycles. The molecule has 18 heavy (non-hydrogen) atoms. The van der Waals surface area contributed by atoms with Crippen molar-refractivity contribution >= 4 is 17.5 Å². The molecule has 98 valence electrons. The van der Waals surface area contributed by atoms with E-state index in [1.807, 2.05) is 23.1 Å². The van der Waals surface area contributed by atoms with Gasteiger partial charge in [-0.05, 0) is 31.2 Å². The molecular weight excluding hydrogens is 246 g/mol. The quantitative estimate of drug-likeness (QED) is 0.766. The van der Waals surface area contributed by atoms with Crippen molar-refractivity contribution in [1.29, 1.82) is 0 Å². The number of likely N-dealkylation sites (tertiary alicyclic amines) is 1. The van der Waals surface area contributed by atoms with Crippen LogP contribution in [0.15, 0.2) is 30.3 Å². The van der Waals surface area contributed by atoms with Crippen molar-refractivity contribution in [2.75, 3.05) is 13.1 Å². The van der Waals surface area contributed by atoms with Gasteiger partial charge >= 0.3 is 0 Å². The number of aryl methyl sites for hydroxylation is 1. The van der Waals surface area contributed by atoms with Gasteiger partial charge in [-0.2, -0.15) is 0 Å². The molecule has 1 saturated heterocycles. The monoisotopic (exact) mass is 265 g/mol. The Hall–Kier alpha value is -1.02. The highest BCUT2D eigenvalue weighted by Gasteiger charge is 2.20. The molecule has 3 heteroatoms. The fraction of sp³-hybridized carbons (Fsp3) is 0.533. The van der Waals surface area contributed by atoms with Crippen LogP contribution in [0.2, 0.25) is 0 Å². The zero-order chi connectivity index (χ0) is 12.8. The van der Waals surface area contributed by atoms with Crippen LogP contribution >= 0.6 is 11.6 Å². The predicted molar refractivity (Wildman–Crippen MR) is 74.8 cm³/mol. The van der Waals surface area contributed by atoms with Crippen LogP contribution in [-0.2, 0) is 11.2 Å². The first-order valence-corrected chi connectivity index (χ1v) is 7.15. The summed E-state index contributed by atoms with van der Waals surface area (Å²) in [6.45, 7) is 1.66. The lowest BCUT2D eigenvalue weighted by atomic mass is 10.1. The van der Waals surface area contributed by atoms with Crippen molar-refractivity contribution in [2.45, 2.75) is 37.5 Å². The van der Waals surface area contributed by atoms with Gasteiger partial charge in [-0.1, -0.05) is 30.3 Å². The standard InChI is InChI=1S/C15H20ClNO/c16-14-9-11-17(12-10-14)15(18)8-4-7-13-5-2-1-3-6-13/h1-3,5-6,14H,4,7-12H2. The van der Waals surface area contributed by atoms with Crippen molar-refractivity contribution in [1.82, 2.24) is 4.90 Å². The molecule has 0 aromatic heterocycles. The molecule has 1 aliphatic heterocycles. The fourth-order valence-electron chi connectivity index (χ4n) is 2.34. The van der Waals surface area contributed by atoms with E-state index in [9.17, 15) is 4.79 Å². The number of carbonyl (C=O) groups is 1. The van der Waals surface area contributed by atoms with E-state index >= 15 is 0 Å². The van der Waals surface area contributed by atoms with Gasteiger partial charge in [0.1, 0.15) is 0 Å². The van der Waals surface area contributed by atoms with Crippen molar-refractivity contribution in [3.05, 3.63) is 35.9 Å². The van der Waals surface area contributed by atoms with Gasteiger partial charge in [-0.25, -0.2) is 0 Å². The minimum absolute atomic E-state index is 0.262. The Bertz CT molecular complexity index is 371. The van der Waals surface area contributed by atoms with Gasteiger partial charge in [0.2, 0.25) is 5.91 Å². The molecule has 0 unspecified atom stereocenters. The van der Waals surface area contributed by atoms with E-state index in [0.29, 0.717) is 6.42 Å². The van der Waals surface area contributed by atoms with E-state index in [0.717, 1.165) is 38.8 Å². The zero-order valence-electron chi connectivity index (χ0n) is 10.6. The SMILES string of the molecule is O=C(CCCc1ccccc1)N1CCC(Cl)CC1. The molecule has 1 fully saturated rings. The van der Waals surface area contributed by atoms with Crippen LogP contribution in [0.5, 0.6) is 0 Å². The first-order chi connectivity index (χ1) is 8.75. The highest BCUT2D eigenvalue weighted by molar-refractivity contribution is 6.20. The third-order valence-electron chi connectivity index (χ3n) is 3.48. The molecule has 1 heterocycles. The minimum Gasteiger partial charge on any atom is -0.343 e. The van der Waals surface area contributed by atoms with Crippen molar-refractivity contribution < 1.29 is 4.79 Å². The van der Waals surface area contributed by atoms with Gasteiger partial charge in [-0.15, -0.1) is 11.6 Å². The molecule has 1 amide bonds. The van der Waals surface area contributed by atoms with Crippen LogP contribution in [-0.4, -0.2) is 29.3 Å². The molecule has 0 atom stereocenters. The van der Waals surface area contributed by atoms with Crippen LogP contribution in [0.25, 0.3) is 0 Å². The molecule has 0 spiro atoms. The molecule has 0 aliphatic carbocycles. The van der Waals surface area contributed by atoms with Gasteiger partial charge < -0.3 is 4.90 Å². The number of hydrogen-bond donors (Lipinski definition) is 0. The Morgan fingerprint density at radius 2 is 1.89 bits per heavy atom. The van der Waals surface area contributed by atoms with Crippen molar-refractivity contribution in [3.8, 4) is 0 Å². The van der Waals surface area contributed by atoms with Crippen LogP contribution in [0.1, 0.15) is 31.2 Å². The van der Waals surface area contributed by atoms with Gasteiger partial charge in [0.25, 0.3) is 0 Å². The molecular formula is C15H20ClNO. The van der Waals surface area contributed by atoms with E-state index in [4.69, 9.17) is 11.6 Å². The molecule has 0 radical (unpaired) electrons. The number of carbonyl (C=O) groups excluding carboxylic acids is 1. The van der Waals surface area contributed by atoms with E-state index in [1.165, 1.54) is 5.56 Å². The van der Waals surface area contributed by atoms with Crippen molar-refractivity contribution in [3.63, 3.8) is 0 Å². The molecule has 0 bridgehead atoms. The maximum atomic E-state index is 12.0. The third-order valence-corrected chi connectivity index (χ3v) is 3.91. The lowest BCUT2D eigenvalue weighted by Crippen LogP contribution is -2.38. The number of nitrogens with zero attached hydrogens (tertiary/aromatic N) is 1. The largest absolute Gasteiger partial charge is 0.343 e. The maximum absolute atomic E-state index is 12.0. The summed E-state index contributed by atoms with van der Waals surface area (Å²) in [5, 5.41) is 0.262. The van der Waals surface area contributed by atoms with Crippen LogP contribution in [0, 0.1) is 0 Å². The topological polar surface area (TPSA) is 20.3 Å². The van der Waals surface area contributed by atoms with Gasteiger partial charge in [0.05, 0.1) is 0 Å². The number of benzene rings is 1. The Morgan fingerprint density at radius 1 is 1.22 bits per heavy atom. The first-order valence-electron chi connectivity index (χ1n) is 6.71. The third kappa shape index (κ3) is 4.02. The minimum atomic E-state index is 0.262. The van der Waals surface area contributed by atoms with E-state index in [2.05, 4.69) is 12.1 Å². The average Bonchev–Trinajstić information content (AvgIpc) is 2.40. The molecule has 1 aliphatic rings. The second kappa shape index (κ2) is 6.79. The number of amides is 1. The van der Waals surface area contributed by atoms with Gasteiger partial charge in [-0.3, -0.25) is 4.79 Å². The van der Waals surface area contributed by atoms with Gasteiger partial charge in [0, 0.05) is 24.9 Å². The number of rotatable bonds is 4. The molecule has 0 N–H and O–H groups in total. The fourth-order valence-corrected chi connectivity index (χ4v) is 2.54. The Kier molecular flexibility index (Phi) is 5.06. The summed E-state index contributed by atoms with van der Waals surface area (Å²) < 4.78 is 0. The van der Waals surface area contributed by atoms with Crippen LogP contribution in [0.3, 0.4) is 0 Å². The van der Waals surface area contributed by atoms with E-state index < -0.39 is 0 Å². The zero-order valence-corrected chi connectivity index (χ0v) is 11.4. The summed E-state index contributed by atoms with van der Waals surface area (Å²) in [5.74, 6) is 0.287. The van der Waals surface area contributed by atoms with E-state index in [-0.39, 0.29) is 11.3 Å². The normalized spacial score (nSPS) is 16.8. The lowest BCUT2D eigenvalue weighted by molar-refractivity contribution is -0.132. The Morgan fingerprint density at radius 3 is 2.56 bits per heavy atom. The lowest BCUT2D eigenvalue weighted by Gasteiger charge is -2.29. The Labute approximate surface area is 114 Å². The highest BCUT2D eigenvalue weighted by atomic mass is 35.5. The Balaban J connectivity index is 1.69. The summed E-state index contributed by atoms with van der Waals surface area (Å²) in [6.07, 6.45) is 4.45. The smallest absolute Gasteiger partial charge is 0.222 e. The average molecular weight is 266 g/mol. The molecule has 2 nitrogen and oxygen atoms in total. The summed E-state index contributed by atoms with van der Waals surface area (Å²) in [7, 11) is 0. The molecule has 0 saturated carbocycles. The second-order valence-corrected chi connectivity index (χ2v) is 5.51. The van der Waals surface area contributed by atoms with Crippen LogP contribution in [0.4, 0.5) is 0 Å². The second-order valence-electron chi connectivity index (χ2n) is 4.89. The van der Waals surface area contributed by atoms with E-state index in [1.54, 1.807) is 0 Å². The number of alkyl halides is 1. The summed E-state index contributed by atoms with van der Waals surface area (Å²) in [5.41, 5.74) is 1.31. The van der Waals surface area contributed by atoms with Crippen LogP contribution < -0.4 is 0 Å². The number of hydrogen-bond acceptors (Lipinski definition) is 1. The summed E-state index contributed by atoms with van der Waals surface area (Å²) in [4.78, 5) is 13.9. The van der Waals surface area contributed by atoms with Gasteiger partial charge in [0.15, 0.2) is 0 Å². The summed E-state index contributed by atoms with van der Waals surface area (Å²) >= 11 is 6.03. The number of piperidine rings is 1. The molecule has 2 rings (SSSR count). The maximum Gasteiger partial charge on any atom is 0.222 e. The number of halogens is 1. The highest BCUT2D eigenvalue weighted by Crippen LogP contribution is 2.16. The molecule has 1 aromatic rings. The first kappa shape index (κ1) is 13.4. The predicted octanol–water partition coefficient (Wildman–Crippen LogP) is 3.24. The van der Waals surface area contributed by atoms with Crippen molar-refractivity contribution in [2.24, 2.45) is 0 Å². The summed E-state index contributed by atoms with van der Waals surface area (Å²) in [6, 6.07) is 10.3.